The smallest absolute Gasteiger partial charge is 0.322 e. The summed E-state index contributed by atoms with van der Waals surface area (Å²) in [5.74, 6) is 0.375. The van der Waals surface area contributed by atoms with E-state index in [-0.39, 0.29) is 12.1 Å². The molecule has 0 fully saturated rings. The Morgan fingerprint density at radius 2 is 1.90 bits per heavy atom. The average molecular weight is 283 g/mol. The van der Waals surface area contributed by atoms with Crippen LogP contribution in [0.2, 0.25) is 0 Å². The molecule has 1 unspecified atom stereocenters. The van der Waals surface area contributed by atoms with E-state index in [4.69, 9.17) is 0 Å². The van der Waals surface area contributed by atoms with E-state index in [2.05, 4.69) is 42.1 Å². The molecule has 1 aliphatic rings. The maximum atomic E-state index is 12.6. The van der Waals surface area contributed by atoms with Gasteiger partial charge in [0.15, 0.2) is 0 Å². The summed E-state index contributed by atoms with van der Waals surface area (Å²) < 4.78 is 2.25. The summed E-state index contributed by atoms with van der Waals surface area (Å²) in [5.41, 5.74) is 2.06. The minimum Gasteiger partial charge on any atom is -0.348 e. The number of hydrogen-bond acceptors (Lipinski definition) is 1. The second-order valence-corrected chi connectivity index (χ2v) is 5.80. The van der Waals surface area contributed by atoms with Gasteiger partial charge >= 0.3 is 6.03 Å². The molecule has 4 heteroatoms. The van der Waals surface area contributed by atoms with Crippen molar-refractivity contribution in [3.8, 4) is 0 Å². The van der Waals surface area contributed by atoms with E-state index < -0.39 is 0 Å². The summed E-state index contributed by atoms with van der Waals surface area (Å²) in [5, 5.41) is 3.00. The molecule has 1 atom stereocenters. The molecule has 2 amide bonds. The van der Waals surface area contributed by atoms with Crippen molar-refractivity contribution in [1.82, 2.24) is 9.47 Å². The van der Waals surface area contributed by atoms with Crippen molar-refractivity contribution in [2.24, 2.45) is 5.92 Å². The molecule has 110 valence electrons. The Morgan fingerprint density at radius 3 is 2.62 bits per heavy atom. The molecule has 1 N–H and O–H groups in total. The highest BCUT2D eigenvalue weighted by Gasteiger charge is 2.32. The van der Waals surface area contributed by atoms with E-state index in [0.717, 1.165) is 18.8 Å². The number of nitrogens with one attached hydrogen (secondary N) is 1. The van der Waals surface area contributed by atoms with Gasteiger partial charge < -0.3 is 14.8 Å². The van der Waals surface area contributed by atoms with Crippen LogP contribution in [0.3, 0.4) is 0 Å². The van der Waals surface area contributed by atoms with Gasteiger partial charge in [0.25, 0.3) is 0 Å². The molecule has 2 aromatic rings. The van der Waals surface area contributed by atoms with Gasteiger partial charge in [-0.05, 0) is 30.2 Å². The van der Waals surface area contributed by atoms with Crippen molar-refractivity contribution in [3.05, 3.63) is 54.4 Å². The number of anilines is 1. The van der Waals surface area contributed by atoms with Gasteiger partial charge in [-0.2, -0.15) is 0 Å². The lowest BCUT2D eigenvalue weighted by atomic mass is 9.97. The summed E-state index contributed by atoms with van der Waals surface area (Å²) in [7, 11) is 0. The van der Waals surface area contributed by atoms with E-state index in [1.165, 1.54) is 5.69 Å². The molecule has 0 radical (unpaired) electrons. The van der Waals surface area contributed by atoms with E-state index in [0.29, 0.717) is 5.92 Å². The van der Waals surface area contributed by atoms with Crippen molar-refractivity contribution in [3.63, 3.8) is 0 Å². The third-order valence-corrected chi connectivity index (χ3v) is 4.00. The van der Waals surface area contributed by atoms with Crippen LogP contribution < -0.4 is 5.32 Å². The third kappa shape index (κ3) is 2.66. The highest BCUT2D eigenvalue weighted by Crippen LogP contribution is 2.32. The molecule has 1 aliphatic heterocycles. The van der Waals surface area contributed by atoms with Gasteiger partial charge in [0.05, 0.1) is 6.04 Å². The Labute approximate surface area is 125 Å². The summed E-state index contributed by atoms with van der Waals surface area (Å²) in [6.45, 7) is 5.92. The highest BCUT2D eigenvalue weighted by atomic mass is 16.2. The van der Waals surface area contributed by atoms with Crippen LogP contribution in [0.1, 0.15) is 25.6 Å². The number of nitrogens with zero attached hydrogens (tertiary/aromatic N) is 2. The van der Waals surface area contributed by atoms with Crippen LogP contribution in [-0.4, -0.2) is 22.0 Å². The molecule has 0 aliphatic carbocycles. The molecular weight excluding hydrogens is 262 g/mol. The zero-order chi connectivity index (χ0) is 14.8. The first kappa shape index (κ1) is 13.7. The molecule has 1 aromatic carbocycles. The standard InChI is InChI=1S/C17H21N3O/c1-13(2)16-15-9-6-10-19(15)11-12-20(16)17(21)18-14-7-4-3-5-8-14/h3-10,13,16H,11-12H2,1-2H3,(H,18,21). The van der Waals surface area contributed by atoms with Crippen LogP contribution in [0, 0.1) is 5.92 Å². The van der Waals surface area contributed by atoms with Crippen LogP contribution >= 0.6 is 0 Å². The SMILES string of the molecule is CC(C)C1c2cccn2CCN1C(=O)Nc1ccccc1. The first-order valence-electron chi connectivity index (χ1n) is 7.44. The lowest BCUT2D eigenvalue weighted by molar-refractivity contribution is 0.144. The van der Waals surface area contributed by atoms with Crippen molar-refractivity contribution >= 4 is 11.7 Å². The number of benzene rings is 1. The zero-order valence-electron chi connectivity index (χ0n) is 12.5. The number of aromatic nitrogens is 1. The Balaban J connectivity index is 1.83. The maximum absolute atomic E-state index is 12.6. The fraction of sp³-hybridized carbons (Fsp3) is 0.353. The minimum atomic E-state index is -0.0210. The molecule has 0 spiro atoms. The van der Waals surface area contributed by atoms with Gasteiger partial charge in [0.2, 0.25) is 0 Å². The topological polar surface area (TPSA) is 37.3 Å². The average Bonchev–Trinajstić information content (AvgIpc) is 2.95. The lowest BCUT2D eigenvalue weighted by Gasteiger charge is -2.39. The normalized spacial score (nSPS) is 17.7. The second-order valence-electron chi connectivity index (χ2n) is 5.80. The number of urea groups is 1. The van der Waals surface area contributed by atoms with Crippen LogP contribution in [0.25, 0.3) is 0 Å². The quantitative estimate of drug-likeness (QED) is 0.896. The number of rotatable bonds is 2. The van der Waals surface area contributed by atoms with Crippen LogP contribution in [0.15, 0.2) is 48.7 Å². The van der Waals surface area contributed by atoms with Gasteiger partial charge in [0, 0.05) is 30.7 Å². The number of carbonyl (C=O) groups excluding carboxylic acids is 1. The number of carbonyl (C=O) groups is 1. The first-order valence-corrected chi connectivity index (χ1v) is 7.44. The maximum Gasteiger partial charge on any atom is 0.322 e. The molecule has 0 bridgehead atoms. The van der Waals surface area contributed by atoms with Crippen LogP contribution in [-0.2, 0) is 6.54 Å². The van der Waals surface area contributed by atoms with Gasteiger partial charge in [-0.1, -0.05) is 32.0 Å². The summed E-state index contributed by atoms with van der Waals surface area (Å²) in [6, 6.07) is 13.9. The predicted octanol–water partition coefficient (Wildman–Crippen LogP) is 3.73. The second kappa shape index (κ2) is 5.64. The van der Waals surface area contributed by atoms with Gasteiger partial charge in [0.1, 0.15) is 0 Å². The van der Waals surface area contributed by atoms with Gasteiger partial charge in [-0.3, -0.25) is 0 Å². The highest BCUT2D eigenvalue weighted by molar-refractivity contribution is 5.89. The summed E-state index contributed by atoms with van der Waals surface area (Å²) in [6.07, 6.45) is 2.09. The van der Waals surface area contributed by atoms with E-state index in [9.17, 15) is 4.79 Å². The largest absolute Gasteiger partial charge is 0.348 e. The molecule has 1 aromatic heterocycles. The zero-order valence-corrected chi connectivity index (χ0v) is 12.5. The van der Waals surface area contributed by atoms with E-state index >= 15 is 0 Å². The summed E-state index contributed by atoms with van der Waals surface area (Å²) >= 11 is 0. The van der Waals surface area contributed by atoms with Crippen molar-refractivity contribution in [2.45, 2.75) is 26.4 Å². The van der Waals surface area contributed by atoms with Crippen LogP contribution in [0.5, 0.6) is 0 Å². The van der Waals surface area contributed by atoms with Gasteiger partial charge in [-0.15, -0.1) is 0 Å². The van der Waals surface area contributed by atoms with E-state index in [1.807, 2.05) is 35.2 Å². The predicted molar refractivity (Wildman–Crippen MR) is 84.2 cm³/mol. The molecule has 0 saturated carbocycles. The van der Waals surface area contributed by atoms with Crippen molar-refractivity contribution < 1.29 is 4.79 Å². The van der Waals surface area contributed by atoms with Gasteiger partial charge in [-0.25, -0.2) is 4.79 Å². The van der Waals surface area contributed by atoms with Crippen LogP contribution in [0.4, 0.5) is 10.5 Å². The minimum absolute atomic E-state index is 0.0210. The Kier molecular flexibility index (Phi) is 3.69. The third-order valence-electron chi connectivity index (χ3n) is 4.00. The monoisotopic (exact) mass is 283 g/mol. The molecule has 3 rings (SSSR count). The molecule has 4 nitrogen and oxygen atoms in total. The fourth-order valence-corrected chi connectivity index (χ4v) is 3.06. The molecular formula is C17H21N3O. The van der Waals surface area contributed by atoms with E-state index in [1.54, 1.807) is 0 Å². The van der Waals surface area contributed by atoms with Crippen molar-refractivity contribution in [2.75, 3.05) is 11.9 Å². The lowest BCUT2D eigenvalue weighted by Crippen LogP contribution is -2.45. The Hall–Kier alpha value is -2.23. The molecule has 0 saturated heterocycles. The number of para-hydroxylation sites is 1. The molecule has 2 heterocycles. The number of hydrogen-bond donors (Lipinski definition) is 1. The number of fused-ring (bicyclic) bond motifs is 1. The summed E-state index contributed by atoms with van der Waals surface area (Å²) in [4.78, 5) is 14.6. The van der Waals surface area contributed by atoms with Crippen molar-refractivity contribution in [1.29, 1.82) is 0 Å². The number of amides is 2. The fourth-order valence-electron chi connectivity index (χ4n) is 3.06. The molecule has 21 heavy (non-hydrogen) atoms. The Bertz CT molecular complexity index is 618. The first-order chi connectivity index (χ1) is 10.2. The Morgan fingerprint density at radius 1 is 1.14 bits per heavy atom.